The molecule has 0 bridgehead atoms. The minimum absolute atomic E-state index is 0.0778. The van der Waals surface area contributed by atoms with Crippen LogP contribution in [0, 0.1) is 5.82 Å². The quantitative estimate of drug-likeness (QED) is 0.863. The zero-order valence-electron chi connectivity index (χ0n) is 11.0. The Morgan fingerprint density at radius 2 is 2.17 bits per heavy atom. The van der Waals surface area contributed by atoms with Crippen LogP contribution in [0.2, 0.25) is 0 Å². The van der Waals surface area contributed by atoms with Gasteiger partial charge in [-0.1, -0.05) is 0 Å². The highest BCUT2D eigenvalue weighted by Crippen LogP contribution is 2.25. The van der Waals surface area contributed by atoms with Gasteiger partial charge >= 0.3 is 0 Å². The van der Waals surface area contributed by atoms with Crippen molar-refractivity contribution in [1.82, 2.24) is 5.32 Å². The van der Waals surface area contributed by atoms with Crippen LogP contribution in [0.4, 0.5) is 4.39 Å². The third-order valence-corrected chi connectivity index (χ3v) is 2.93. The summed E-state index contributed by atoms with van der Waals surface area (Å²) in [6, 6.07) is 2.88. The van der Waals surface area contributed by atoms with Gasteiger partial charge in [0.1, 0.15) is 5.82 Å². The van der Waals surface area contributed by atoms with Gasteiger partial charge in [-0.05, 0) is 44.0 Å². The second kappa shape index (κ2) is 4.78. The molecule has 1 aliphatic heterocycles. The van der Waals surface area contributed by atoms with Gasteiger partial charge in [0.25, 0.3) is 0 Å². The van der Waals surface area contributed by atoms with E-state index in [0.29, 0.717) is 18.7 Å². The fraction of sp³-hybridized carbons (Fsp3) is 0.500. The number of aliphatic hydroxyl groups is 1. The fourth-order valence-electron chi connectivity index (χ4n) is 2.01. The van der Waals surface area contributed by atoms with Crippen molar-refractivity contribution in [1.29, 1.82) is 0 Å². The molecule has 0 fully saturated rings. The lowest BCUT2D eigenvalue weighted by Crippen LogP contribution is -2.38. The maximum Gasteiger partial charge on any atom is 0.123 e. The van der Waals surface area contributed by atoms with Crippen LogP contribution in [0.25, 0.3) is 0 Å². The van der Waals surface area contributed by atoms with Crippen LogP contribution >= 0.6 is 0 Å². The van der Waals surface area contributed by atoms with Gasteiger partial charge in [0.05, 0.1) is 12.6 Å². The average molecular weight is 250 g/mol. The first-order chi connectivity index (χ1) is 8.37. The summed E-state index contributed by atoms with van der Waals surface area (Å²) in [5.74, 6) is -0.316. The molecule has 0 spiro atoms. The summed E-state index contributed by atoms with van der Waals surface area (Å²) in [6.45, 7) is 6.97. The van der Waals surface area contributed by atoms with Crippen LogP contribution in [0.3, 0.4) is 0 Å². The number of nitrogens with one attached hydrogen (secondary N) is 1. The van der Waals surface area contributed by atoms with Crippen molar-refractivity contribution in [3.63, 3.8) is 0 Å². The SMILES string of the molecule is CC(C)(C)NC[C@H](O)c1cc(F)cc2c1C=NC2. The first-order valence-corrected chi connectivity index (χ1v) is 6.12. The lowest BCUT2D eigenvalue weighted by Gasteiger charge is -2.23. The number of halogens is 1. The molecule has 18 heavy (non-hydrogen) atoms. The molecule has 98 valence electrons. The highest BCUT2D eigenvalue weighted by molar-refractivity contribution is 5.86. The molecule has 1 atom stereocenters. The Bertz CT molecular complexity index is 477. The van der Waals surface area contributed by atoms with Crippen LogP contribution in [-0.2, 0) is 6.54 Å². The van der Waals surface area contributed by atoms with E-state index in [0.717, 1.165) is 11.1 Å². The van der Waals surface area contributed by atoms with Gasteiger partial charge in [-0.25, -0.2) is 4.39 Å². The highest BCUT2D eigenvalue weighted by atomic mass is 19.1. The van der Waals surface area contributed by atoms with Crippen molar-refractivity contribution in [2.75, 3.05) is 6.54 Å². The number of aliphatic hydroxyl groups excluding tert-OH is 1. The maximum absolute atomic E-state index is 13.5. The molecule has 1 aliphatic rings. The monoisotopic (exact) mass is 250 g/mol. The predicted octanol–water partition coefficient (Wildman–Crippen LogP) is 2.18. The first-order valence-electron chi connectivity index (χ1n) is 6.12. The fourth-order valence-corrected chi connectivity index (χ4v) is 2.01. The Labute approximate surface area is 107 Å². The third-order valence-electron chi connectivity index (χ3n) is 2.93. The molecule has 1 heterocycles. The van der Waals surface area contributed by atoms with Gasteiger partial charge in [-0.3, -0.25) is 4.99 Å². The molecule has 0 radical (unpaired) electrons. The molecule has 1 aromatic rings. The molecule has 3 nitrogen and oxygen atoms in total. The molecular weight excluding hydrogens is 231 g/mol. The number of nitrogens with zero attached hydrogens (tertiary/aromatic N) is 1. The van der Waals surface area contributed by atoms with E-state index in [9.17, 15) is 9.50 Å². The number of aliphatic imine (C=N–C) groups is 1. The third kappa shape index (κ3) is 2.94. The van der Waals surface area contributed by atoms with E-state index in [1.54, 1.807) is 6.21 Å². The average Bonchev–Trinajstić information content (AvgIpc) is 2.71. The molecule has 0 saturated carbocycles. The summed E-state index contributed by atoms with van der Waals surface area (Å²) in [5, 5.41) is 13.4. The maximum atomic E-state index is 13.5. The smallest absolute Gasteiger partial charge is 0.123 e. The first kappa shape index (κ1) is 13.2. The number of benzene rings is 1. The van der Waals surface area contributed by atoms with Gasteiger partial charge in [-0.2, -0.15) is 0 Å². The molecule has 0 aliphatic carbocycles. The number of hydrogen-bond donors (Lipinski definition) is 2. The summed E-state index contributed by atoms with van der Waals surface area (Å²) in [5.41, 5.74) is 2.24. The Balaban J connectivity index is 2.20. The molecule has 0 aromatic heterocycles. The lowest BCUT2D eigenvalue weighted by molar-refractivity contribution is 0.163. The molecule has 2 N–H and O–H groups in total. The summed E-state index contributed by atoms with van der Waals surface area (Å²) in [7, 11) is 0. The van der Waals surface area contributed by atoms with E-state index in [2.05, 4.69) is 10.3 Å². The zero-order chi connectivity index (χ0) is 13.3. The van der Waals surface area contributed by atoms with Gasteiger partial charge < -0.3 is 10.4 Å². The molecule has 1 aromatic carbocycles. The topological polar surface area (TPSA) is 44.6 Å². The summed E-state index contributed by atoms with van der Waals surface area (Å²) in [4.78, 5) is 4.12. The summed E-state index contributed by atoms with van der Waals surface area (Å²) >= 11 is 0. The Morgan fingerprint density at radius 1 is 1.44 bits per heavy atom. The van der Waals surface area contributed by atoms with Crippen molar-refractivity contribution in [2.45, 2.75) is 39.0 Å². The molecule has 4 heteroatoms. The normalized spacial score (nSPS) is 15.8. The number of β-amino-alcohol motifs (C(OH)–C–C–N with tert-alkyl or cyclic N) is 1. The largest absolute Gasteiger partial charge is 0.387 e. The van der Waals surface area contributed by atoms with Crippen molar-refractivity contribution in [2.24, 2.45) is 4.99 Å². The van der Waals surface area contributed by atoms with Gasteiger partial charge in [-0.15, -0.1) is 0 Å². The van der Waals surface area contributed by atoms with Crippen LogP contribution in [0.1, 0.15) is 43.6 Å². The standard InChI is InChI=1S/C14H19FN2O/c1-14(2,3)17-8-13(18)11-5-10(15)4-9-6-16-7-12(9)11/h4-5,7,13,17-18H,6,8H2,1-3H3/t13-/m0/s1. The molecule has 0 saturated heterocycles. The lowest BCUT2D eigenvalue weighted by atomic mass is 9.98. The molecule has 2 rings (SSSR count). The van der Waals surface area contributed by atoms with E-state index in [1.807, 2.05) is 20.8 Å². The van der Waals surface area contributed by atoms with E-state index in [1.165, 1.54) is 12.1 Å². The zero-order valence-corrected chi connectivity index (χ0v) is 11.0. The highest BCUT2D eigenvalue weighted by Gasteiger charge is 2.20. The second-order valence-corrected chi connectivity index (χ2v) is 5.68. The minimum atomic E-state index is -0.724. The summed E-state index contributed by atoms with van der Waals surface area (Å²) < 4.78 is 13.5. The van der Waals surface area contributed by atoms with Crippen LogP contribution in [-0.4, -0.2) is 23.4 Å². The van der Waals surface area contributed by atoms with Crippen molar-refractivity contribution >= 4 is 6.21 Å². The van der Waals surface area contributed by atoms with Crippen LogP contribution in [0.5, 0.6) is 0 Å². The van der Waals surface area contributed by atoms with E-state index in [-0.39, 0.29) is 11.4 Å². The molecule has 0 amide bonds. The van der Waals surface area contributed by atoms with Crippen molar-refractivity contribution < 1.29 is 9.50 Å². The van der Waals surface area contributed by atoms with Gasteiger partial charge in [0.2, 0.25) is 0 Å². The van der Waals surface area contributed by atoms with Crippen LogP contribution in [0.15, 0.2) is 17.1 Å². The Kier molecular flexibility index (Phi) is 3.50. The summed E-state index contributed by atoms with van der Waals surface area (Å²) in [6.07, 6.45) is 0.989. The molecular formula is C14H19FN2O. The van der Waals surface area contributed by atoms with E-state index < -0.39 is 6.10 Å². The van der Waals surface area contributed by atoms with Gasteiger partial charge in [0.15, 0.2) is 0 Å². The Morgan fingerprint density at radius 3 is 2.83 bits per heavy atom. The second-order valence-electron chi connectivity index (χ2n) is 5.68. The van der Waals surface area contributed by atoms with Gasteiger partial charge in [0, 0.05) is 23.9 Å². The molecule has 0 unspecified atom stereocenters. The van der Waals surface area contributed by atoms with E-state index >= 15 is 0 Å². The Hall–Kier alpha value is -1.26. The number of rotatable bonds is 3. The van der Waals surface area contributed by atoms with Crippen molar-refractivity contribution in [3.8, 4) is 0 Å². The number of hydrogen-bond acceptors (Lipinski definition) is 3. The predicted molar refractivity (Wildman–Crippen MR) is 70.4 cm³/mol. The minimum Gasteiger partial charge on any atom is -0.387 e. The number of fused-ring (bicyclic) bond motifs is 1. The van der Waals surface area contributed by atoms with Crippen molar-refractivity contribution in [3.05, 3.63) is 34.6 Å². The van der Waals surface area contributed by atoms with Crippen LogP contribution < -0.4 is 5.32 Å². The van der Waals surface area contributed by atoms with E-state index in [4.69, 9.17) is 0 Å².